The molecule has 1 N–H and O–H groups in total. The van der Waals surface area contributed by atoms with Gasteiger partial charge in [-0.25, -0.2) is 4.79 Å². The highest BCUT2D eigenvalue weighted by Gasteiger charge is 2.21. The van der Waals surface area contributed by atoms with Crippen LogP contribution in [0.15, 0.2) is 48.5 Å². The largest absolute Gasteiger partial charge is 0.496 e. The molecule has 0 radical (unpaired) electrons. The van der Waals surface area contributed by atoms with E-state index < -0.39 is 0 Å². The molecule has 6 nitrogen and oxygen atoms in total. The number of rotatable bonds is 5. The number of ketones is 1. The van der Waals surface area contributed by atoms with E-state index >= 15 is 0 Å². The van der Waals surface area contributed by atoms with E-state index in [-0.39, 0.29) is 11.8 Å². The van der Waals surface area contributed by atoms with E-state index in [0.29, 0.717) is 25.2 Å². The normalized spacial score (nSPS) is 14.0. The van der Waals surface area contributed by atoms with Crippen LogP contribution in [0, 0.1) is 0 Å². The molecule has 0 atom stereocenters. The number of amides is 2. The predicted octanol–water partition coefficient (Wildman–Crippen LogP) is 2.93. The van der Waals surface area contributed by atoms with Crippen LogP contribution < -0.4 is 15.0 Å². The number of nitrogens with one attached hydrogen (secondary N) is 1. The van der Waals surface area contributed by atoms with E-state index in [9.17, 15) is 9.59 Å². The zero-order chi connectivity index (χ0) is 19.2. The lowest BCUT2D eigenvalue weighted by molar-refractivity contribution is 0.101. The number of ether oxygens (including phenoxy) is 1. The Morgan fingerprint density at radius 1 is 1.00 bits per heavy atom. The van der Waals surface area contributed by atoms with Crippen molar-refractivity contribution >= 4 is 17.5 Å². The molecule has 0 aliphatic carbocycles. The Morgan fingerprint density at radius 2 is 1.67 bits per heavy atom. The van der Waals surface area contributed by atoms with Gasteiger partial charge in [0.15, 0.2) is 5.78 Å². The number of Topliss-reactive ketones (excluding diaryl/α,β-unsaturated/α-hetero) is 1. The number of anilines is 1. The number of hydrogen-bond donors (Lipinski definition) is 1. The molecule has 0 spiro atoms. The minimum Gasteiger partial charge on any atom is -0.496 e. The van der Waals surface area contributed by atoms with Gasteiger partial charge < -0.3 is 19.9 Å². The number of benzene rings is 2. The van der Waals surface area contributed by atoms with Gasteiger partial charge in [0.1, 0.15) is 5.75 Å². The van der Waals surface area contributed by atoms with Crippen molar-refractivity contribution in [3.63, 3.8) is 0 Å². The van der Waals surface area contributed by atoms with Gasteiger partial charge in [0.25, 0.3) is 0 Å². The Bertz CT molecular complexity index is 797. The summed E-state index contributed by atoms with van der Waals surface area (Å²) in [4.78, 5) is 27.9. The fourth-order valence-electron chi connectivity index (χ4n) is 3.21. The predicted molar refractivity (Wildman–Crippen MR) is 105 cm³/mol. The summed E-state index contributed by atoms with van der Waals surface area (Å²) in [6.07, 6.45) is 0. The molecule has 27 heavy (non-hydrogen) atoms. The van der Waals surface area contributed by atoms with E-state index in [4.69, 9.17) is 4.74 Å². The molecule has 2 amide bonds. The summed E-state index contributed by atoms with van der Waals surface area (Å²) in [5.74, 6) is 0.842. The summed E-state index contributed by atoms with van der Waals surface area (Å²) in [5, 5.41) is 2.97. The van der Waals surface area contributed by atoms with Gasteiger partial charge in [-0.2, -0.15) is 0 Å². The number of urea groups is 1. The molecule has 0 unspecified atom stereocenters. The van der Waals surface area contributed by atoms with Crippen LogP contribution in [-0.2, 0) is 6.54 Å². The average molecular weight is 367 g/mol. The van der Waals surface area contributed by atoms with Gasteiger partial charge in [0.05, 0.1) is 7.11 Å². The zero-order valence-electron chi connectivity index (χ0n) is 15.8. The van der Waals surface area contributed by atoms with Gasteiger partial charge >= 0.3 is 6.03 Å². The molecule has 0 bridgehead atoms. The van der Waals surface area contributed by atoms with E-state index in [1.165, 1.54) is 0 Å². The fraction of sp³-hybridized carbons (Fsp3) is 0.333. The van der Waals surface area contributed by atoms with E-state index in [0.717, 1.165) is 30.1 Å². The Labute approximate surface area is 159 Å². The summed E-state index contributed by atoms with van der Waals surface area (Å²) in [5.41, 5.74) is 2.75. The molecule has 3 rings (SSSR count). The maximum Gasteiger partial charge on any atom is 0.317 e. The summed E-state index contributed by atoms with van der Waals surface area (Å²) >= 11 is 0. The van der Waals surface area contributed by atoms with Gasteiger partial charge in [-0.3, -0.25) is 4.79 Å². The number of nitrogens with zero attached hydrogens (tertiary/aromatic N) is 2. The highest BCUT2D eigenvalue weighted by molar-refractivity contribution is 5.94. The molecule has 142 valence electrons. The molecule has 1 saturated heterocycles. The molecule has 6 heteroatoms. The van der Waals surface area contributed by atoms with Crippen molar-refractivity contribution in [2.45, 2.75) is 13.5 Å². The molecular formula is C21H25N3O3. The topological polar surface area (TPSA) is 61.9 Å². The first-order valence-corrected chi connectivity index (χ1v) is 9.09. The molecule has 0 saturated carbocycles. The van der Waals surface area contributed by atoms with E-state index in [1.807, 2.05) is 53.4 Å². The first-order chi connectivity index (χ1) is 13.1. The van der Waals surface area contributed by atoms with Crippen molar-refractivity contribution < 1.29 is 14.3 Å². The Kier molecular flexibility index (Phi) is 5.96. The lowest BCUT2D eigenvalue weighted by Crippen LogP contribution is -2.51. The van der Waals surface area contributed by atoms with E-state index in [2.05, 4.69) is 10.2 Å². The first kappa shape index (κ1) is 18.8. The lowest BCUT2D eigenvalue weighted by atomic mass is 10.1. The highest BCUT2D eigenvalue weighted by Crippen LogP contribution is 2.19. The average Bonchev–Trinajstić information content (AvgIpc) is 2.72. The van der Waals surface area contributed by atoms with Crippen molar-refractivity contribution in [2.75, 3.05) is 38.2 Å². The van der Waals surface area contributed by atoms with Crippen LogP contribution in [0.1, 0.15) is 22.8 Å². The van der Waals surface area contributed by atoms with Crippen LogP contribution in [0.2, 0.25) is 0 Å². The molecule has 1 heterocycles. The van der Waals surface area contributed by atoms with Crippen molar-refractivity contribution in [2.24, 2.45) is 0 Å². The van der Waals surface area contributed by atoms with Crippen molar-refractivity contribution in [3.05, 3.63) is 59.7 Å². The summed E-state index contributed by atoms with van der Waals surface area (Å²) in [7, 11) is 1.63. The van der Waals surface area contributed by atoms with Crippen LogP contribution in [-0.4, -0.2) is 50.0 Å². The van der Waals surface area contributed by atoms with Crippen LogP contribution in [0.5, 0.6) is 5.75 Å². The van der Waals surface area contributed by atoms with Gasteiger partial charge in [-0.1, -0.05) is 18.2 Å². The Balaban J connectivity index is 1.51. The van der Waals surface area contributed by atoms with Crippen LogP contribution >= 0.6 is 0 Å². The standard InChI is InChI=1S/C21H25N3O3/c1-16(25)17-7-9-19(10-8-17)23-11-13-24(14-12-23)21(26)22-15-18-5-3-4-6-20(18)27-2/h3-10H,11-15H2,1-2H3,(H,22,26). The second kappa shape index (κ2) is 8.58. The molecule has 1 aliphatic rings. The number of carbonyl (C=O) groups is 2. The summed E-state index contributed by atoms with van der Waals surface area (Å²) in [6.45, 7) is 4.86. The van der Waals surface area contributed by atoms with Crippen molar-refractivity contribution in [3.8, 4) is 5.75 Å². The third-order valence-electron chi connectivity index (χ3n) is 4.83. The second-order valence-corrected chi connectivity index (χ2v) is 6.55. The maximum atomic E-state index is 12.5. The minimum absolute atomic E-state index is 0.0625. The van der Waals surface area contributed by atoms with Crippen molar-refractivity contribution in [1.82, 2.24) is 10.2 Å². The molecule has 1 aliphatic heterocycles. The van der Waals surface area contributed by atoms with Crippen LogP contribution in [0.3, 0.4) is 0 Å². The third-order valence-corrected chi connectivity index (χ3v) is 4.83. The summed E-state index contributed by atoms with van der Waals surface area (Å²) in [6, 6.07) is 15.2. The lowest BCUT2D eigenvalue weighted by Gasteiger charge is -2.36. The SMILES string of the molecule is COc1ccccc1CNC(=O)N1CCN(c2ccc(C(C)=O)cc2)CC1. The summed E-state index contributed by atoms with van der Waals surface area (Å²) < 4.78 is 5.32. The first-order valence-electron chi connectivity index (χ1n) is 9.09. The van der Waals surface area contributed by atoms with Crippen LogP contribution in [0.4, 0.5) is 10.5 Å². The van der Waals surface area contributed by atoms with Crippen molar-refractivity contribution in [1.29, 1.82) is 0 Å². The molecule has 2 aromatic carbocycles. The minimum atomic E-state index is -0.0625. The Hall–Kier alpha value is -3.02. The zero-order valence-corrected chi connectivity index (χ0v) is 15.8. The number of carbonyl (C=O) groups excluding carboxylic acids is 2. The molecule has 0 aromatic heterocycles. The Morgan fingerprint density at radius 3 is 2.30 bits per heavy atom. The van der Waals surface area contributed by atoms with Crippen LogP contribution in [0.25, 0.3) is 0 Å². The highest BCUT2D eigenvalue weighted by atomic mass is 16.5. The molecule has 1 fully saturated rings. The smallest absolute Gasteiger partial charge is 0.317 e. The van der Waals surface area contributed by atoms with Gasteiger partial charge in [-0.05, 0) is 37.3 Å². The molecular weight excluding hydrogens is 342 g/mol. The maximum absolute atomic E-state index is 12.5. The third kappa shape index (κ3) is 4.58. The van der Waals surface area contributed by atoms with Gasteiger partial charge in [-0.15, -0.1) is 0 Å². The number of methoxy groups -OCH3 is 1. The quantitative estimate of drug-likeness (QED) is 0.826. The van der Waals surface area contributed by atoms with Gasteiger partial charge in [0.2, 0.25) is 0 Å². The fourth-order valence-corrected chi connectivity index (χ4v) is 3.21. The van der Waals surface area contributed by atoms with Gasteiger partial charge in [0, 0.05) is 49.5 Å². The number of para-hydroxylation sites is 1. The molecule has 2 aromatic rings. The monoisotopic (exact) mass is 367 g/mol. The van der Waals surface area contributed by atoms with E-state index in [1.54, 1.807) is 14.0 Å². The second-order valence-electron chi connectivity index (χ2n) is 6.55. The number of piperazine rings is 1. The number of hydrogen-bond acceptors (Lipinski definition) is 4.